The molecule has 1 fully saturated rings. The van der Waals surface area contributed by atoms with Crippen molar-refractivity contribution in [1.29, 1.82) is 0 Å². The number of aryl methyl sites for hydroxylation is 1. The predicted octanol–water partition coefficient (Wildman–Crippen LogP) is 3.30. The third-order valence-corrected chi connectivity index (χ3v) is 10.2. The number of amides is 3. The maximum atomic E-state index is 12.5. The van der Waals surface area contributed by atoms with Gasteiger partial charge in [-0.25, -0.2) is 9.97 Å². The van der Waals surface area contributed by atoms with Crippen molar-refractivity contribution in [3.05, 3.63) is 72.6 Å². The molecule has 0 unspecified atom stereocenters. The number of nitrogens with one attached hydrogen (secondary N) is 4. The maximum absolute atomic E-state index is 12.5. The standard InChI is InChI=1S/C42H53N13O4/c1-3-14-44-25-40(58)54(28-38(43)56)26-31-27-55(51-50-31)16-6-15-45-39(57)9-5-21-59-33-8-4-7-29(22-33)41-46-34-12-10-30(23-36(34)48-41)42-47-35-13-11-32(24-37(35)49-42)53-19-17-52(2)18-20-53/h4,7-8,10-13,22-24,27,44H,3,5-6,9,14-21,25-26,28H2,1-2H3,(H2,43,56)(H,45,57)(H,46,48)(H,47,49). The second kappa shape index (κ2) is 19.4. The zero-order chi connectivity index (χ0) is 41.1. The monoisotopic (exact) mass is 803 g/mol. The molecule has 17 nitrogen and oxygen atoms in total. The Morgan fingerprint density at radius 1 is 0.898 bits per heavy atom. The Hall–Kier alpha value is -6.33. The zero-order valence-electron chi connectivity index (χ0n) is 33.7. The lowest BCUT2D eigenvalue weighted by Crippen LogP contribution is -2.44. The van der Waals surface area contributed by atoms with Gasteiger partial charge in [0.2, 0.25) is 17.7 Å². The smallest absolute Gasteiger partial charge is 0.237 e. The fourth-order valence-electron chi connectivity index (χ4n) is 7.02. The first kappa shape index (κ1) is 40.9. The van der Waals surface area contributed by atoms with E-state index in [9.17, 15) is 14.4 Å². The number of aromatic nitrogens is 7. The lowest BCUT2D eigenvalue weighted by atomic mass is 10.2. The molecule has 1 aliphatic rings. The van der Waals surface area contributed by atoms with Crippen LogP contribution in [0.3, 0.4) is 0 Å². The Labute approximate surface area is 342 Å². The van der Waals surface area contributed by atoms with Gasteiger partial charge in [-0.05, 0) is 81.4 Å². The van der Waals surface area contributed by atoms with Crippen LogP contribution in [0.5, 0.6) is 5.75 Å². The molecule has 1 aliphatic heterocycles. The number of anilines is 1. The van der Waals surface area contributed by atoms with E-state index in [2.05, 4.69) is 72.0 Å². The summed E-state index contributed by atoms with van der Waals surface area (Å²) in [5, 5.41) is 14.2. The molecular formula is C42H53N13O4. The molecule has 0 spiro atoms. The molecule has 6 N–H and O–H groups in total. The number of carbonyl (C=O) groups excluding carboxylic acids is 3. The third kappa shape index (κ3) is 11.0. The van der Waals surface area contributed by atoms with E-state index in [-0.39, 0.29) is 31.4 Å². The second-order valence-corrected chi connectivity index (χ2v) is 14.9. The first-order valence-electron chi connectivity index (χ1n) is 20.3. The minimum atomic E-state index is -0.595. The zero-order valence-corrected chi connectivity index (χ0v) is 33.7. The molecule has 310 valence electrons. The van der Waals surface area contributed by atoms with E-state index in [1.54, 1.807) is 10.9 Å². The van der Waals surface area contributed by atoms with Gasteiger partial charge in [-0.1, -0.05) is 24.3 Å². The number of carbonyl (C=O) groups is 3. The van der Waals surface area contributed by atoms with Crippen molar-refractivity contribution >= 4 is 45.5 Å². The van der Waals surface area contributed by atoms with E-state index in [0.29, 0.717) is 56.9 Å². The average Bonchev–Trinajstić information content (AvgIpc) is 3.99. The quantitative estimate of drug-likeness (QED) is 0.0708. The van der Waals surface area contributed by atoms with E-state index < -0.39 is 5.91 Å². The number of H-pyrrole nitrogens is 2. The highest BCUT2D eigenvalue weighted by Crippen LogP contribution is 2.29. The SMILES string of the molecule is CCCNCC(=O)N(CC(N)=O)Cc1cn(CCCNC(=O)CCCOc2cccc(-c3nc4ccc(-c5nc6ccc(N7CCN(C)CC7)cc6[nH]5)cc4[nH]3)c2)nn1. The van der Waals surface area contributed by atoms with E-state index in [0.717, 1.165) is 77.4 Å². The normalized spacial score (nSPS) is 13.3. The van der Waals surface area contributed by atoms with Crippen molar-refractivity contribution in [1.82, 2.24) is 55.4 Å². The molecule has 0 saturated carbocycles. The first-order chi connectivity index (χ1) is 28.7. The number of likely N-dealkylation sites (N-methyl/N-ethyl adjacent to an activating group) is 1. The van der Waals surface area contributed by atoms with Crippen LogP contribution in [0.25, 0.3) is 44.8 Å². The summed E-state index contributed by atoms with van der Waals surface area (Å²) >= 11 is 0. The van der Waals surface area contributed by atoms with E-state index in [1.807, 2.05) is 43.3 Å². The average molecular weight is 804 g/mol. The predicted molar refractivity (Wildman–Crippen MR) is 226 cm³/mol. The molecule has 7 rings (SSSR count). The number of ether oxygens (including phenoxy) is 1. The van der Waals surface area contributed by atoms with Gasteiger partial charge in [-0.3, -0.25) is 19.1 Å². The molecule has 17 heteroatoms. The lowest BCUT2D eigenvalue weighted by molar-refractivity contribution is -0.135. The summed E-state index contributed by atoms with van der Waals surface area (Å²) in [6.45, 7) is 8.29. The summed E-state index contributed by atoms with van der Waals surface area (Å²) in [6.07, 6.45) is 4.15. The van der Waals surface area contributed by atoms with E-state index in [4.69, 9.17) is 20.4 Å². The van der Waals surface area contributed by atoms with Crippen molar-refractivity contribution in [2.75, 3.05) is 70.9 Å². The molecule has 0 aliphatic carbocycles. The number of imidazole rings is 2. The number of nitrogens with zero attached hydrogens (tertiary/aromatic N) is 8. The summed E-state index contributed by atoms with van der Waals surface area (Å²) in [4.78, 5) is 59.4. The third-order valence-electron chi connectivity index (χ3n) is 10.2. The van der Waals surface area contributed by atoms with Crippen LogP contribution >= 0.6 is 0 Å². The van der Waals surface area contributed by atoms with Gasteiger partial charge in [0.25, 0.3) is 0 Å². The fraction of sp³-hybridized carbons (Fsp3) is 0.405. The molecule has 4 heterocycles. The number of hydrogen-bond donors (Lipinski definition) is 5. The number of benzene rings is 3. The van der Waals surface area contributed by atoms with Gasteiger partial charge < -0.3 is 45.8 Å². The molecule has 3 amide bonds. The number of fused-ring (bicyclic) bond motifs is 2. The van der Waals surface area contributed by atoms with Crippen LogP contribution in [-0.4, -0.2) is 128 Å². The minimum Gasteiger partial charge on any atom is -0.494 e. The maximum Gasteiger partial charge on any atom is 0.237 e. The van der Waals surface area contributed by atoms with Crippen LogP contribution in [0.2, 0.25) is 0 Å². The van der Waals surface area contributed by atoms with Crippen molar-refractivity contribution < 1.29 is 19.1 Å². The van der Waals surface area contributed by atoms with Crippen LogP contribution in [0, 0.1) is 0 Å². The van der Waals surface area contributed by atoms with Gasteiger partial charge in [0.1, 0.15) is 23.1 Å². The minimum absolute atomic E-state index is 0.0568. The number of nitrogens with two attached hydrogens (primary N) is 1. The van der Waals surface area contributed by atoms with Crippen LogP contribution in [0.4, 0.5) is 5.69 Å². The second-order valence-electron chi connectivity index (χ2n) is 14.9. The van der Waals surface area contributed by atoms with Crippen molar-refractivity contribution in [2.45, 2.75) is 45.7 Å². The van der Waals surface area contributed by atoms with Gasteiger partial charge in [0.15, 0.2) is 0 Å². The van der Waals surface area contributed by atoms with Gasteiger partial charge >= 0.3 is 0 Å². The molecular weight excluding hydrogens is 751 g/mol. The van der Waals surface area contributed by atoms with Crippen molar-refractivity contribution in [3.63, 3.8) is 0 Å². The van der Waals surface area contributed by atoms with Crippen LogP contribution in [0.1, 0.15) is 38.3 Å². The Morgan fingerprint density at radius 3 is 2.41 bits per heavy atom. The summed E-state index contributed by atoms with van der Waals surface area (Å²) in [5.41, 5.74) is 12.7. The van der Waals surface area contributed by atoms with Gasteiger partial charge in [0.05, 0.1) is 54.5 Å². The van der Waals surface area contributed by atoms with Gasteiger partial charge in [-0.2, -0.15) is 0 Å². The highest BCUT2D eigenvalue weighted by molar-refractivity contribution is 5.87. The molecule has 3 aromatic heterocycles. The molecule has 59 heavy (non-hydrogen) atoms. The lowest BCUT2D eigenvalue weighted by Gasteiger charge is -2.34. The molecule has 0 atom stereocenters. The Balaban J connectivity index is 0.843. The molecule has 0 radical (unpaired) electrons. The number of aromatic amines is 2. The van der Waals surface area contributed by atoms with E-state index in [1.165, 1.54) is 10.6 Å². The fourth-order valence-corrected chi connectivity index (χ4v) is 7.02. The largest absolute Gasteiger partial charge is 0.494 e. The Morgan fingerprint density at radius 2 is 1.64 bits per heavy atom. The molecule has 3 aromatic carbocycles. The number of primary amides is 1. The number of piperazine rings is 1. The molecule has 6 aromatic rings. The van der Waals surface area contributed by atoms with Gasteiger partial charge in [0, 0.05) is 62.5 Å². The highest BCUT2D eigenvalue weighted by atomic mass is 16.5. The Bertz CT molecular complexity index is 2360. The van der Waals surface area contributed by atoms with Gasteiger partial charge in [-0.15, -0.1) is 5.10 Å². The van der Waals surface area contributed by atoms with Crippen molar-refractivity contribution in [3.8, 4) is 28.5 Å². The first-order valence-corrected chi connectivity index (χ1v) is 20.3. The topological polar surface area (TPSA) is 208 Å². The van der Waals surface area contributed by atoms with Crippen LogP contribution in [-0.2, 0) is 27.5 Å². The highest BCUT2D eigenvalue weighted by Gasteiger charge is 2.19. The van der Waals surface area contributed by atoms with E-state index >= 15 is 0 Å². The molecule has 0 bridgehead atoms. The van der Waals surface area contributed by atoms with Crippen LogP contribution < -0.4 is 26.0 Å². The molecule has 1 saturated heterocycles. The number of hydrogen-bond acceptors (Lipinski definition) is 11. The summed E-state index contributed by atoms with van der Waals surface area (Å²) in [7, 11) is 2.17. The van der Waals surface area contributed by atoms with Crippen molar-refractivity contribution in [2.24, 2.45) is 5.73 Å². The summed E-state index contributed by atoms with van der Waals surface area (Å²) in [6, 6.07) is 20.3. The van der Waals surface area contributed by atoms with Crippen LogP contribution in [0.15, 0.2) is 66.9 Å². The Kier molecular flexibility index (Phi) is 13.4. The summed E-state index contributed by atoms with van der Waals surface area (Å²) in [5.74, 6) is 1.36. The number of rotatable bonds is 20. The summed E-state index contributed by atoms with van der Waals surface area (Å²) < 4.78 is 7.67.